The molecule has 7 rings (SSSR count). The van der Waals surface area contributed by atoms with E-state index in [-0.39, 0.29) is 5.92 Å². The number of amides is 1. The average Bonchev–Trinajstić information content (AvgIpc) is 3.30. The number of likely N-dealkylation sites (tertiary alicyclic amines) is 1. The third-order valence-electron chi connectivity index (χ3n) is 7.44. The zero-order chi connectivity index (χ0) is 23.4. The molecule has 4 heterocycles. The first kappa shape index (κ1) is 20.4. The van der Waals surface area contributed by atoms with E-state index in [0.29, 0.717) is 11.8 Å². The highest BCUT2D eigenvalue weighted by atomic mass is 16.3. The van der Waals surface area contributed by atoms with Gasteiger partial charge in [-0.3, -0.25) is 9.78 Å². The normalized spacial score (nSPS) is 18.1. The Hall–Kier alpha value is -3.93. The van der Waals surface area contributed by atoms with Crippen LogP contribution in [0.4, 0.5) is 0 Å². The minimum atomic E-state index is 0.289. The van der Waals surface area contributed by atoms with Crippen molar-refractivity contribution in [3.05, 3.63) is 73.3 Å². The van der Waals surface area contributed by atoms with Gasteiger partial charge in [0.15, 0.2) is 0 Å². The first-order valence-corrected chi connectivity index (χ1v) is 12.4. The van der Waals surface area contributed by atoms with Crippen LogP contribution in [0.5, 0.6) is 0 Å². The van der Waals surface area contributed by atoms with Crippen molar-refractivity contribution in [2.75, 3.05) is 13.1 Å². The van der Waals surface area contributed by atoms with Gasteiger partial charge in [-0.1, -0.05) is 30.3 Å². The zero-order valence-electron chi connectivity index (χ0n) is 19.4. The Bertz CT molecular complexity index is 1540. The van der Waals surface area contributed by atoms with Crippen LogP contribution in [0.15, 0.2) is 77.7 Å². The summed E-state index contributed by atoms with van der Waals surface area (Å²) < 4.78 is 7.80. The number of carbonyl (C=O) groups is 1. The Morgan fingerprint density at radius 3 is 2.66 bits per heavy atom. The van der Waals surface area contributed by atoms with Gasteiger partial charge in [0.2, 0.25) is 5.91 Å². The average molecular weight is 463 g/mol. The second kappa shape index (κ2) is 8.08. The van der Waals surface area contributed by atoms with Crippen LogP contribution < -0.4 is 0 Å². The van der Waals surface area contributed by atoms with Gasteiger partial charge in [0, 0.05) is 42.7 Å². The molecule has 1 aliphatic carbocycles. The Balaban J connectivity index is 1.19. The molecule has 3 aromatic heterocycles. The number of imidazole rings is 1. The molecule has 5 aromatic rings. The minimum Gasteiger partial charge on any atom is -0.464 e. The SMILES string of the molecule is O=C(C1CC1)N1CCC(Cn2c(-c3ccc(-c4ccc5occc5c4)cc3)nc3cnccc32)C1. The number of fused-ring (bicyclic) bond motifs is 2. The summed E-state index contributed by atoms with van der Waals surface area (Å²) in [5.74, 6) is 2.04. The summed E-state index contributed by atoms with van der Waals surface area (Å²) in [7, 11) is 0. The molecule has 0 radical (unpaired) electrons. The molecule has 2 fully saturated rings. The minimum absolute atomic E-state index is 0.289. The summed E-state index contributed by atoms with van der Waals surface area (Å²) >= 11 is 0. The van der Waals surface area contributed by atoms with Crippen LogP contribution in [-0.4, -0.2) is 38.4 Å². The Labute approximate surface area is 203 Å². The van der Waals surface area contributed by atoms with E-state index in [1.165, 1.54) is 0 Å². The molecule has 174 valence electrons. The first-order valence-electron chi connectivity index (χ1n) is 12.4. The van der Waals surface area contributed by atoms with Crippen LogP contribution in [-0.2, 0) is 11.3 Å². The van der Waals surface area contributed by atoms with Crippen LogP contribution in [0.1, 0.15) is 19.3 Å². The smallest absolute Gasteiger partial charge is 0.225 e. The standard InChI is InChI=1S/C29H26N4O2/c34-29(22-5-6-22)32-13-10-19(17-32)18-33-26-9-12-30-16-25(26)31-28(33)21-3-1-20(2-4-21)23-7-8-27-24(15-23)11-14-35-27/h1-4,7-9,11-12,14-16,19,22H,5-6,10,13,17-18H2. The molecule has 0 N–H and O–H groups in total. The van der Waals surface area contributed by atoms with Crippen LogP contribution in [0.2, 0.25) is 0 Å². The lowest BCUT2D eigenvalue weighted by Gasteiger charge is -2.18. The van der Waals surface area contributed by atoms with Gasteiger partial charge in [-0.05, 0) is 60.6 Å². The fourth-order valence-electron chi connectivity index (χ4n) is 5.37. The number of rotatable bonds is 5. The Kier molecular flexibility index (Phi) is 4.72. The van der Waals surface area contributed by atoms with Crippen molar-refractivity contribution in [3.63, 3.8) is 0 Å². The summed E-state index contributed by atoms with van der Waals surface area (Å²) in [6.07, 6.45) is 8.56. The van der Waals surface area contributed by atoms with Gasteiger partial charge in [-0.15, -0.1) is 0 Å². The van der Waals surface area contributed by atoms with Crippen molar-refractivity contribution in [2.24, 2.45) is 11.8 Å². The lowest BCUT2D eigenvalue weighted by atomic mass is 10.0. The maximum Gasteiger partial charge on any atom is 0.225 e. The molecule has 1 saturated heterocycles. The number of carbonyl (C=O) groups excluding carboxylic acids is 1. The Morgan fingerprint density at radius 1 is 0.971 bits per heavy atom. The van der Waals surface area contributed by atoms with E-state index < -0.39 is 0 Å². The van der Waals surface area contributed by atoms with Crippen LogP contribution >= 0.6 is 0 Å². The molecule has 1 atom stereocenters. The maximum absolute atomic E-state index is 12.6. The van der Waals surface area contributed by atoms with Crippen molar-refractivity contribution in [1.29, 1.82) is 0 Å². The van der Waals surface area contributed by atoms with Crippen molar-refractivity contribution < 1.29 is 9.21 Å². The maximum atomic E-state index is 12.6. The summed E-state index contributed by atoms with van der Waals surface area (Å²) in [4.78, 5) is 23.9. The van der Waals surface area contributed by atoms with E-state index in [1.54, 1.807) is 6.26 Å². The van der Waals surface area contributed by atoms with E-state index in [4.69, 9.17) is 9.40 Å². The van der Waals surface area contributed by atoms with Crippen molar-refractivity contribution in [3.8, 4) is 22.5 Å². The molecule has 1 unspecified atom stereocenters. The molecule has 1 aliphatic heterocycles. The van der Waals surface area contributed by atoms with Gasteiger partial charge in [0.1, 0.15) is 16.9 Å². The van der Waals surface area contributed by atoms with E-state index in [0.717, 1.165) is 83.4 Å². The molecule has 6 heteroatoms. The molecule has 1 saturated carbocycles. The van der Waals surface area contributed by atoms with Crippen molar-refractivity contribution in [1.82, 2.24) is 19.4 Å². The van der Waals surface area contributed by atoms with Gasteiger partial charge in [-0.2, -0.15) is 0 Å². The highest BCUT2D eigenvalue weighted by Crippen LogP contribution is 2.34. The van der Waals surface area contributed by atoms with Crippen molar-refractivity contribution >= 4 is 27.9 Å². The molecule has 0 bridgehead atoms. The largest absolute Gasteiger partial charge is 0.464 e. The van der Waals surface area contributed by atoms with Gasteiger partial charge in [-0.25, -0.2) is 4.98 Å². The van der Waals surface area contributed by atoms with Crippen molar-refractivity contribution in [2.45, 2.75) is 25.8 Å². The van der Waals surface area contributed by atoms with Gasteiger partial charge in [0.25, 0.3) is 0 Å². The predicted octanol–water partition coefficient (Wildman–Crippen LogP) is 5.77. The summed E-state index contributed by atoms with van der Waals surface area (Å²) in [6, 6.07) is 18.9. The summed E-state index contributed by atoms with van der Waals surface area (Å²) in [5, 5.41) is 1.10. The van der Waals surface area contributed by atoms with Crippen LogP contribution in [0.3, 0.4) is 0 Å². The van der Waals surface area contributed by atoms with Gasteiger partial charge < -0.3 is 13.9 Å². The molecular weight excluding hydrogens is 436 g/mol. The second-order valence-electron chi connectivity index (χ2n) is 9.87. The lowest BCUT2D eigenvalue weighted by Crippen LogP contribution is -2.30. The Morgan fingerprint density at radius 2 is 1.80 bits per heavy atom. The number of furan rings is 1. The predicted molar refractivity (Wildman–Crippen MR) is 136 cm³/mol. The highest BCUT2D eigenvalue weighted by molar-refractivity contribution is 5.84. The van der Waals surface area contributed by atoms with Crippen LogP contribution in [0.25, 0.3) is 44.5 Å². The monoisotopic (exact) mass is 462 g/mol. The second-order valence-corrected chi connectivity index (χ2v) is 9.87. The van der Waals surface area contributed by atoms with Gasteiger partial charge in [0.05, 0.1) is 18.0 Å². The number of benzene rings is 2. The number of pyridine rings is 1. The fourth-order valence-corrected chi connectivity index (χ4v) is 5.37. The molecule has 0 spiro atoms. The topological polar surface area (TPSA) is 64.2 Å². The van der Waals surface area contributed by atoms with E-state index >= 15 is 0 Å². The zero-order valence-corrected chi connectivity index (χ0v) is 19.4. The lowest BCUT2D eigenvalue weighted by molar-refractivity contribution is -0.131. The van der Waals surface area contributed by atoms with E-state index in [1.807, 2.05) is 30.6 Å². The quantitative estimate of drug-likeness (QED) is 0.333. The summed E-state index contributed by atoms with van der Waals surface area (Å²) in [6.45, 7) is 2.57. The van der Waals surface area contributed by atoms with E-state index in [9.17, 15) is 4.79 Å². The van der Waals surface area contributed by atoms with E-state index in [2.05, 4.69) is 50.8 Å². The molecular formula is C29H26N4O2. The molecule has 2 aliphatic rings. The fraction of sp³-hybridized carbons (Fsp3) is 0.276. The summed E-state index contributed by atoms with van der Waals surface area (Å²) in [5.41, 5.74) is 6.30. The molecule has 6 nitrogen and oxygen atoms in total. The van der Waals surface area contributed by atoms with Crippen LogP contribution in [0, 0.1) is 11.8 Å². The third-order valence-corrected chi connectivity index (χ3v) is 7.44. The molecule has 2 aromatic carbocycles. The number of hydrogen-bond acceptors (Lipinski definition) is 4. The van der Waals surface area contributed by atoms with Gasteiger partial charge >= 0.3 is 0 Å². The highest BCUT2D eigenvalue weighted by Gasteiger charge is 2.36. The number of hydrogen-bond donors (Lipinski definition) is 0. The molecule has 35 heavy (non-hydrogen) atoms. The third kappa shape index (κ3) is 3.70. The first-order chi connectivity index (χ1) is 17.2. The number of aromatic nitrogens is 3. The molecule has 1 amide bonds. The number of nitrogens with zero attached hydrogens (tertiary/aromatic N) is 4.